The lowest BCUT2D eigenvalue weighted by molar-refractivity contribution is -0.145. The maximum Gasteiger partial charge on any atom is 0.800 e. The third-order valence-corrected chi connectivity index (χ3v) is 3.42. The van der Waals surface area contributed by atoms with Crippen molar-refractivity contribution in [2.24, 2.45) is 0 Å². The molecule has 0 aliphatic carbocycles. The van der Waals surface area contributed by atoms with Crippen molar-refractivity contribution in [3.8, 4) is 0 Å². The number of hydrogen-bond donors (Lipinski definition) is 0. The fraction of sp³-hybridized carbons (Fsp3) is 0.455. The van der Waals surface area contributed by atoms with Crippen LogP contribution in [0.15, 0.2) is 30.3 Å². The molecule has 6 heteroatoms. The first-order valence-corrected chi connectivity index (χ1v) is 10.1. The molecule has 1 atom stereocenters. The predicted octanol–water partition coefficient (Wildman–Crippen LogP) is 2.96. The van der Waals surface area contributed by atoms with Crippen LogP contribution >= 0.6 is 0 Å². The lowest BCUT2D eigenvalue weighted by Crippen LogP contribution is -2.29. The fourth-order valence-electron chi connectivity index (χ4n) is 1.12. The Bertz CT molecular complexity index is 361. The second kappa shape index (κ2) is 6.08. The van der Waals surface area contributed by atoms with Crippen molar-refractivity contribution in [1.82, 2.24) is 0 Å². The van der Waals surface area contributed by atoms with Gasteiger partial charge in [-0.3, -0.25) is 9.04 Å². The summed E-state index contributed by atoms with van der Waals surface area (Å²) in [5, 5.41) is 0. The predicted molar refractivity (Wildman–Crippen MR) is 67.9 cm³/mol. The van der Waals surface area contributed by atoms with Gasteiger partial charge >= 0.3 is 9.17 Å². The van der Waals surface area contributed by atoms with Gasteiger partial charge in [-0.05, 0) is 32.1 Å². The van der Waals surface area contributed by atoms with E-state index in [0.29, 0.717) is 0 Å². The van der Waals surface area contributed by atoms with Gasteiger partial charge in [-0.15, -0.1) is 0 Å². The summed E-state index contributed by atoms with van der Waals surface area (Å²) < 4.78 is 26.6. The van der Waals surface area contributed by atoms with Gasteiger partial charge in [-0.2, -0.15) is 0 Å². The van der Waals surface area contributed by atoms with E-state index in [1.165, 1.54) is 0 Å². The summed E-state index contributed by atoms with van der Waals surface area (Å²) in [6, 6.07) is 9.57. The van der Waals surface area contributed by atoms with E-state index < -0.39 is 17.5 Å². The summed E-state index contributed by atoms with van der Waals surface area (Å²) in [6.07, 6.45) is -0.271. The molecule has 0 spiro atoms. The number of rotatable bonds is 6. The molecular formula is C11H18O4Si2. The molecule has 1 aromatic carbocycles. The van der Waals surface area contributed by atoms with Gasteiger partial charge in [-0.1, -0.05) is 30.3 Å². The van der Waals surface area contributed by atoms with Crippen LogP contribution in [0.2, 0.25) is 19.6 Å². The molecule has 94 valence electrons. The molecule has 0 fully saturated rings. The molecular weight excluding hydrogens is 252 g/mol. The van der Waals surface area contributed by atoms with Gasteiger partial charge in [0.2, 0.25) is 8.32 Å². The van der Waals surface area contributed by atoms with Crippen molar-refractivity contribution in [3.63, 3.8) is 0 Å². The van der Waals surface area contributed by atoms with E-state index in [9.17, 15) is 4.46 Å². The van der Waals surface area contributed by atoms with Gasteiger partial charge in [-0.25, -0.2) is 0 Å². The third-order valence-electron chi connectivity index (χ3n) is 1.90. The topological polar surface area (TPSA) is 44.8 Å². The Morgan fingerprint density at radius 2 is 1.76 bits per heavy atom. The average Bonchev–Trinajstić information content (AvgIpc) is 2.27. The van der Waals surface area contributed by atoms with Gasteiger partial charge < -0.3 is 9.00 Å². The highest BCUT2D eigenvalue weighted by Gasteiger charge is 2.24. The molecule has 1 rings (SSSR count). The van der Waals surface area contributed by atoms with Crippen molar-refractivity contribution >= 4 is 17.5 Å². The van der Waals surface area contributed by atoms with E-state index >= 15 is 0 Å². The molecule has 0 aromatic heterocycles. The maximum atomic E-state index is 11.5. The normalized spacial score (nSPS) is 12.9. The molecule has 0 radical (unpaired) electrons. The van der Waals surface area contributed by atoms with Crippen LogP contribution in [-0.2, 0) is 18.0 Å². The Morgan fingerprint density at radius 3 is 2.29 bits per heavy atom. The molecule has 0 amide bonds. The van der Waals surface area contributed by atoms with E-state index in [0.717, 1.165) is 5.56 Å². The summed E-state index contributed by atoms with van der Waals surface area (Å²) in [4.78, 5) is 0. The highest BCUT2D eigenvalue weighted by Crippen LogP contribution is 2.16. The van der Waals surface area contributed by atoms with Crippen LogP contribution in [0.5, 0.6) is 0 Å². The van der Waals surface area contributed by atoms with Gasteiger partial charge in [0.25, 0.3) is 0 Å². The maximum absolute atomic E-state index is 11.5. The van der Waals surface area contributed by atoms with Gasteiger partial charge in [0, 0.05) is 0 Å². The quantitative estimate of drug-likeness (QED) is 0.453. The minimum absolute atomic E-state index is 0.271. The zero-order chi connectivity index (χ0) is 12.9. The molecule has 0 N–H and O–H groups in total. The molecule has 4 nitrogen and oxygen atoms in total. The summed E-state index contributed by atoms with van der Waals surface area (Å²) in [6.45, 7) is 7.67. The van der Waals surface area contributed by atoms with Crippen LogP contribution < -0.4 is 0 Å². The molecule has 17 heavy (non-hydrogen) atoms. The molecule has 1 aromatic rings. The fourth-order valence-corrected chi connectivity index (χ4v) is 2.85. The second-order valence-corrected chi connectivity index (χ2v) is 9.99. The van der Waals surface area contributed by atoms with Crippen LogP contribution in [0.3, 0.4) is 0 Å². The first-order chi connectivity index (χ1) is 7.88. The van der Waals surface area contributed by atoms with Crippen molar-refractivity contribution < 1.29 is 18.0 Å². The minimum atomic E-state index is -2.61. The van der Waals surface area contributed by atoms with Crippen molar-refractivity contribution in [3.05, 3.63) is 35.9 Å². The standard InChI is InChI=1S/C11H18O4Si2/c1-10(11-8-6-5-7-9-11)13-16(12)14-15-17(2,3)4/h5-10H,1-4H3. The van der Waals surface area contributed by atoms with Crippen molar-refractivity contribution in [1.29, 1.82) is 0 Å². The smallest absolute Gasteiger partial charge is 0.488 e. The first-order valence-electron chi connectivity index (χ1n) is 5.50. The Hall–Kier alpha value is -0.986. The second-order valence-electron chi connectivity index (χ2n) is 4.70. The monoisotopic (exact) mass is 270 g/mol. The van der Waals surface area contributed by atoms with Crippen molar-refractivity contribution in [2.45, 2.75) is 32.7 Å². The van der Waals surface area contributed by atoms with Crippen molar-refractivity contribution in [2.75, 3.05) is 0 Å². The third kappa shape index (κ3) is 5.76. The summed E-state index contributed by atoms with van der Waals surface area (Å²) in [5.74, 6) is 0. The lowest BCUT2D eigenvalue weighted by atomic mass is 10.1. The van der Waals surface area contributed by atoms with Crippen LogP contribution in [0, 0.1) is 0 Å². The Labute approximate surface area is 104 Å². The first kappa shape index (κ1) is 14.1. The van der Waals surface area contributed by atoms with Crippen LogP contribution in [0.25, 0.3) is 0 Å². The molecule has 0 saturated heterocycles. The van der Waals surface area contributed by atoms with E-state index in [1.807, 2.05) is 56.9 Å². The van der Waals surface area contributed by atoms with Crippen LogP contribution in [-0.4, -0.2) is 17.5 Å². The zero-order valence-electron chi connectivity index (χ0n) is 10.6. The molecule has 0 aliphatic heterocycles. The Morgan fingerprint density at radius 1 is 1.18 bits per heavy atom. The zero-order valence-corrected chi connectivity index (χ0v) is 12.6. The van der Waals surface area contributed by atoms with Gasteiger partial charge in [0.15, 0.2) is 0 Å². The highest BCUT2D eigenvalue weighted by atomic mass is 28.4. The molecule has 0 aliphatic rings. The largest absolute Gasteiger partial charge is 0.800 e. The molecule has 0 saturated carbocycles. The van der Waals surface area contributed by atoms with Crippen LogP contribution in [0.4, 0.5) is 0 Å². The molecule has 1 unspecified atom stereocenters. The summed E-state index contributed by atoms with van der Waals surface area (Å²) >= 11 is 0. The van der Waals surface area contributed by atoms with Crippen LogP contribution in [0.1, 0.15) is 18.6 Å². The summed E-state index contributed by atoms with van der Waals surface area (Å²) in [7, 11) is -4.43. The summed E-state index contributed by atoms with van der Waals surface area (Å²) in [5.41, 5.74) is 0.961. The molecule has 0 heterocycles. The van der Waals surface area contributed by atoms with E-state index in [1.54, 1.807) is 0 Å². The van der Waals surface area contributed by atoms with E-state index in [-0.39, 0.29) is 6.10 Å². The average molecular weight is 270 g/mol. The Balaban J connectivity index is 2.42. The number of benzene rings is 1. The van der Waals surface area contributed by atoms with E-state index in [2.05, 4.69) is 0 Å². The SMILES string of the molecule is CC(O[Si](=O)OO[Si](C)(C)C)c1ccccc1. The Kier molecular flexibility index (Phi) is 5.04. The van der Waals surface area contributed by atoms with E-state index in [4.69, 9.17) is 13.6 Å². The minimum Gasteiger partial charge on any atom is -0.488 e. The lowest BCUT2D eigenvalue weighted by Gasteiger charge is -2.17. The number of hydrogen-bond acceptors (Lipinski definition) is 4. The van der Waals surface area contributed by atoms with Gasteiger partial charge in [0.1, 0.15) is 6.10 Å². The molecule has 0 bridgehead atoms. The van der Waals surface area contributed by atoms with Gasteiger partial charge in [0.05, 0.1) is 0 Å². The highest BCUT2D eigenvalue weighted by molar-refractivity contribution is 6.69.